The summed E-state index contributed by atoms with van der Waals surface area (Å²) in [5.41, 5.74) is 1.66. The predicted molar refractivity (Wildman–Crippen MR) is 83.3 cm³/mol. The Bertz CT molecular complexity index is 683. The van der Waals surface area contributed by atoms with Gasteiger partial charge in [-0.25, -0.2) is 4.98 Å². The zero-order chi connectivity index (χ0) is 15.7. The van der Waals surface area contributed by atoms with E-state index in [-0.39, 0.29) is 12.0 Å². The summed E-state index contributed by atoms with van der Waals surface area (Å²) in [5.74, 6) is 0.555. The lowest BCUT2D eigenvalue weighted by Crippen LogP contribution is -2.31. The van der Waals surface area contributed by atoms with Gasteiger partial charge in [-0.1, -0.05) is 0 Å². The van der Waals surface area contributed by atoms with E-state index in [9.17, 15) is 4.79 Å². The van der Waals surface area contributed by atoms with Crippen LogP contribution in [0.3, 0.4) is 0 Å². The van der Waals surface area contributed by atoms with Gasteiger partial charge < -0.3 is 9.64 Å². The zero-order valence-electron chi connectivity index (χ0n) is 12.9. The normalized spacial score (nSPS) is 17.8. The molecule has 1 amide bonds. The maximum absolute atomic E-state index is 12.5. The van der Waals surface area contributed by atoms with Crippen molar-refractivity contribution in [2.45, 2.75) is 33.3 Å². The average molecular weight is 318 g/mol. The number of hydrogen-bond acceptors (Lipinski definition) is 6. The Hall–Kier alpha value is -2.02. The quantitative estimate of drug-likeness (QED) is 0.867. The van der Waals surface area contributed by atoms with Crippen LogP contribution >= 0.6 is 11.3 Å². The van der Waals surface area contributed by atoms with E-state index in [1.165, 1.54) is 11.3 Å². The maximum atomic E-state index is 12.5. The molecule has 3 rings (SSSR count). The van der Waals surface area contributed by atoms with E-state index < -0.39 is 0 Å². The van der Waals surface area contributed by atoms with Gasteiger partial charge in [0.2, 0.25) is 5.88 Å². The monoisotopic (exact) mass is 318 g/mol. The Morgan fingerprint density at radius 1 is 1.32 bits per heavy atom. The summed E-state index contributed by atoms with van der Waals surface area (Å²) < 4.78 is 5.80. The Kier molecular flexibility index (Phi) is 4.06. The highest BCUT2D eigenvalue weighted by atomic mass is 32.1. The third-order valence-corrected chi connectivity index (χ3v) is 4.65. The molecule has 1 saturated heterocycles. The van der Waals surface area contributed by atoms with Gasteiger partial charge >= 0.3 is 0 Å². The summed E-state index contributed by atoms with van der Waals surface area (Å²) in [5, 5.41) is 8.90. The first-order valence-electron chi connectivity index (χ1n) is 7.23. The molecule has 0 N–H and O–H groups in total. The molecule has 7 heteroatoms. The molecule has 1 aliphatic heterocycles. The van der Waals surface area contributed by atoms with E-state index in [2.05, 4.69) is 15.2 Å². The summed E-state index contributed by atoms with van der Waals surface area (Å²) in [6.45, 7) is 6.94. The number of aryl methyl sites for hydroxylation is 3. The number of amides is 1. The topological polar surface area (TPSA) is 68.2 Å². The summed E-state index contributed by atoms with van der Waals surface area (Å²) >= 11 is 1.45. The molecule has 0 bridgehead atoms. The molecule has 22 heavy (non-hydrogen) atoms. The van der Waals surface area contributed by atoms with Crippen LogP contribution in [0.2, 0.25) is 0 Å². The van der Waals surface area contributed by atoms with E-state index >= 15 is 0 Å². The van der Waals surface area contributed by atoms with Crippen molar-refractivity contribution in [2.75, 3.05) is 13.1 Å². The van der Waals surface area contributed by atoms with Gasteiger partial charge in [-0.2, -0.15) is 5.10 Å². The van der Waals surface area contributed by atoms with E-state index in [1.807, 2.05) is 37.8 Å². The number of carbonyl (C=O) groups excluding carboxylic acids is 1. The van der Waals surface area contributed by atoms with Crippen molar-refractivity contribution in [1.29, 1.82) is 0 Å². The molecule has 2 aromatic heterocycles. The molecule has 0 saturated carbocycles. The minimum absolute atomic E-state index is 0.0321. The van der Waals surface area contributed by atoms with Crippen molar-refractivity contribution in [3.8, 4) is 5.88 Å². The van der Waals surface area contributed by atoms with Crippen molar-refractivity contribution in [1.82, 2.24) is 20.1 Å². The SMILES string of the molecule is Cc1ccc(OC2CCN(C(=O)c3sc(C)nc3C)C2)nn1. The van der Waals surface area contributed by atoms with Gasteiger partial charge in [0.05, 0.1) is 22.9 Å². The third kappa shape index (κ3) is 3.09. The number of nitrogens with zero attached hydrogens (tertiary/aromatic N) is 4. The van der Waals surface area contributed by atoms with Gasteiger partial charge in [0.25, 0.3) is 5.91 Å². The van der Waals surface area contributed by atoms with Crippen LogP contribution < -0.4 is 4.74 Å². The smallest absolute Gasteiger partial charge is 0.265 e. The van der Waals surface area contributed by atoms with Gasteiger partial charge in [0.1, 0.15) is 11.0 Å². The Morgan fingerprint density at radius 2 is 2.14 bits per heavy atom. The van der Waals surface area contributed by atoms with Gasteiger partial charge in [-0.3, -0.25) is 4.79 Å². The Morgan fingerprint density at radius 3 is 2.77 bits per heavy atom. The van der Waals surface area contributed by atoms with Gasteiger partial charge in [-0.05, 0) is 26.8 Å². The first-order chi connectivity index (χ1) is 10.5. The highest BCUT2D eigenvalue weighted by Gasteiger charge is 2.30. The lowest BCUT2D eigenvalue weighted by molar-refractivity contribution is 0.0774. The number of carbonyl (C=O) groups is 1. The van der Waals surface area contributed by atoms with Crippen molar-refractivity contribution < 1.29 is 9.53 Å². The fourth-order valence-corrected chi connectivity index (χ4v) is 3.39. The summed E-state index contributed by atoms with van der Waals surface area (Å²) in [7, 11) is 0. The molecule has 2 aromatic rings. The first-order valence-corrected chi connectivity index (χ1v) is 8.05. The number of thiazole rings is 1. The van der Waals surface area contributed by atoms with E-state index in [4.69, 9.17) is 4.74 Å². The summed E-state index contributed by atoms with van der Waals surface area (Å²) in [4.78, 5) is 19.4. The van der Waals surface area contributed by atoms with Crippen LogP contribution in [0.1, 0.15) is 32.5 Å². The Balaban J connectivity index is 1.63. The lowest BCUT2D eigenvalue weighted by Gasteiger charge is -2.16. The largest absolute Gasteiger partial charge is 0.471 e. The zero-order valence-corrected chi connectivity index (χ0v) is 13.7. The fourth-order valence-electron chi connectivity index (χ4n) is 2.50. The summed E-state index contributed by atoms with van der Waals surface area (Å²) in [6.07, 6.45) is 0.772. The van der Waals surface area contributed by atoms with Crippen molar-refractivity contribution in [3.63, 3.8) is 0 Å². The molecule has 6 nitrogen and oxygen atoms in total. The molecule has 3 heterocycles. The van der Waals surface area contributed by atoms with E-state index in [1.54, 1.807) is 0 Å². The molecule has 1 unspecified atom stereocenters. The maximum Gasteiger partial charge on any atom is 0.265 e. The molecule has 0 spiro atoms. The number of hydrogen-bond donors (Lipinski definition) is 0. The second kappa shape index (κ2) is 6.00. The molecule has 1 fully saturated rings. The fraction of sp³-hybridized carbons (Fsp3) is 0.467. The van der Waals surface area contributed by atoms with Crippen LogP contribution in [0.4, 0.5) is 0 Å². The number of rotatable bonds is 3. The molecular weight excluding hydrogens is 300 g/mol. The van der Waals surface area contributed by atoms with Crippen LogP contribution in [0.5, 0.6) is 5.88 Å². The first kappa shape index (κ1) is 14.9. The number of likely N-dealkylation sites (tertiary alicyclic amines) is 1. The average Bonchev–Trinajstić information content (AvgIpc) is 3.07. The van der Waals surface area contributed by atoms with Crippen LogP contribution in [0, 0.1) is 20.8 Å². The van der Waals surface area contributed by atoms with Gasteiger partial charge in [-0.15, -0.1) is 16.4 Å². The molecular formula is C15H18N4O2S. The molecule has 116 valence electrons. The second-order valence-electron chi connectivity index (χ2n) is 5.44. The van der Waals surface area contributed by atoms with Crippen molar-refractivity contribution in [3.05, 3.63) is 33.4 Å². The summed E-state index contributed by atoms with van der Waals surface area (Å²) in [6, 6.07) is 3.67. The Labute approximate surface area is 133 Å². The van der Waals surface area contributed by atoms with Gasteiger partial charge in [0, 0.05) is 19.0 Å². The van der Waals surface area contributed by atoms with Crippen LogP contribution in [0.15, 0.2) is 12.1 Å². The highest BCUT2D eigenvalue weighted by Crippen LogP contribution is 2.23. The minimum atomic E-state index is -0.0321. The molecule has 1 atom stereocenters. The standard InChI is InChI=1S/C15H18N4O2S/c1-9-4-5-13(18-17-9)21-12-6-7-19(8-12)15(20)14-10(2)16-11(3)22-14/h4-5,12H,6-8H2,1-3H3. The van der Waals surface area contributed by atoms with E-state index in [0.717, 1.165) is 27.7 Å². The van der Waals surface area contributed by atoms with Crippen LogP contribution in [-0.4, -0.2) is 45.2 Å². The van der Waals surface area contributed by atoms with Crippen LogP contribution in [-0.2, 0) is 0 Å². The van der Waals surface area contributed by atoms with Gasteiger partial charge in [0.15, 0.2) is 0 Å². The molecule has 0 aliphatic carbocycles. The van der Waals surface area contributed by atoms with Crippen LogP contribution in [0.25, 0.3) is 0 Å². The molecule has 0 aromatic carbocycles. The predicted octanol–water partition coefficient (Wildman–Crippen LogP) is 2.15. The van der Waals surface area contributed by atoms with Crippen molar-refractivity contribution in [2.24, 2.45) is 0 Å². The molecule has 1 aliphatic rings. The second-order valence-corrected chi connectivity index (χ2v) is 6.64. The highest BCUT2D eigenvalue weighted by molar-refractivity contribution is 7.13. The van der Waals surface area contributed by atoms with Crippen molar-refractivity contribution >= 4 is 17.2 Å². The molecule has 0 radical (unpaired) electrons. The number of ether oxygens (including phenoxy) is 1. The third-order valence-electron chi connectivity index (χ3n) is 3.59. The minimum Gasteiger partial charge on any atom is -0.471 e. The number of aromatic nitrogens is 3. The lowest BCUT2D eigenvalue weighted by atomic mass is 10.3. The van der Waals surface area contributed by atoms with E-state index in [0.29, 0.717) is 19.0 Å².